The minimum Gasteiger partial charge on any atom is -0.350 e. The van der Waals surface area contributed by atoms with Crippen LogP contribution >= 0.6 is 22.0 Å². The van der Waals surface area contributed by atoms with Crippen molar-refractivity contribution in [2.45, 2.75) is 17.1 Å². The number of rotatable bonds is 5. The Morgan fingerprint density at radius 1 is 1.47 bits per heavy atom. The van der Waals surface area contributed by atoms with Crippen LogP contribution in [0.3, 0.4) is 0 Å². The smallest absolute Gasteiger partial charge is 0.270 e. The zero-order valence-corrected chi connectivity index (χ0v) is 10.7. The molecule has 0 aliphatic heterocycles. The maximum atomic E-state index is 11.8. The van der Waals surface area contributed by atoms with Gasteiger partial charge in [-0.25, -0.2) is 17.2 Å². The molecule has 0 aliphatic carbocycles. The number of carbonyl (C=O) groups excluding carboxylic acids is 1. The van der Waals surface area contributed by atoms with Crippen molar-refractivity contribution in [2.75, 3.05) is 6.54 Å². The van der Waals surface area contributed by atoms with Gasteiger partial charge in [0, 0.05) is 15.6 Å². The number of halogens is 3. The van der Waals surface area contributed by atoms with Gasteiger partial charge in [-0.3, -0.25) is 4.79 Å². The van der Waals surface area contributed by atoms with E-state index >= 15 is 0 Å². The van der Waals surface area contributed by atoms with Crippen molar-refractivity contribution in [2.24, 2.45) is 0 Å². The average Bonchev–Trinajstić information content (AvgIpc) is 2.62. The summed E-state index contributed by atoms with van der Waals surface area (Å²) in [5.41, 5.74) is 0. The Bertz CT molecular complexity index is 501. The summed E-state index contributed by atoms with van der Waals surface area (Å²) >= 11 is 0.834. The van der Waals surface area contributed by atoms with E-state index in [1.807, 2.05) is 5.32 Å². The molecule has 1 amide bonds. The van der Waals surface area contributed by atoms with Gasteiger partial charge in [-0.1, -0.05) is 0 Å². The number of thiophene rings is 1. The molecule has 0 bridgehead atoms. The second kappa shape index (κ2) is 5.74. The number of nitrogens with one attached hydrogen (secondary N) is 1. The van der Waals surface area contributed by atoms with Crippen LogP contribution in [0.15, 0.2) is 16.3 Å². The molecule has 0 unspecified atom stereocenters. The summed E-state index contributed by atoms with van der Waals surface area (Å²) in [4.78, 5) is 11.6. The first-order valence-corrected chi connectivity index (χ1v) is 7.50. The molecule has 0 radical (unpaired) electrons. The molecule has 1 N–H and O–H groups in total. The van der Waals surface area contributed by atoms with Gasteiger partial charge in [-0.15, -0.1) is 11.3 Å². The van der Waals surface area contributed by atoms with Gasteiger partial charge in [0.15, 0.2) is 0 Å². The van der Waals surface area contributed by atoms with E-state index in [-0.39, 0.29) is 10.6 Å². The summed E-state index contributed by atoms with van der Waals surface area (Å²) in [6, 6.07) is 2.69. The quantitative estimate of drug-likeness (QED) is 0.840. The monoisotopic (exact) mass is 303 g/mol. The van der Waals surface area contributed by atoms with Crippen LogP contribution in [0.4, 0.5) is 8.78 Å². The lowest BCUT2D eigenvalue weighted by Gasteiger charge is -2.02. The second-order valence-electron chi connectivity index (χ2n) is 3.03. The third kappa shape index (κ3) is 4.97. The largest absolute Gasteiger partial charge is 0.350 e. The summed E-state index contributed by atoms with van der Waals surface area (Å²) in [7, 11) is 1.29. The first-order chi connectivity index (χ1) is 7.79. The molecule has 9 heteroatoms. The van der Waals surface area contributed by atoms with Crippen LogP contribution in [-0.4, -0.2) is 27.3 Å². The summed E-state index contributed by atoms with van der Waals surface area (Å²) in [5.74, 6) is -0.592. The average molecular weight is 304 g/mol. The van der Waals surface area contributed by atoms with E-state index in [9.17, 15) is 22.0 Å². The van der Waals surface area contributed by atoms with E-state index in [0.29, 0.717) is 4.88 Å². The number of alkyl halides is 2. The molecule has 0 fully saturated rings. The summed E-state index contributed by atoms with van der Waals surface area (Å²) in [6.45, 7) is -0.717. The van der Waals surface area contributed by atoms with Gasteiger partial charge in [0.1, 0.15) is 4.21 Å². The fraction of sp³-hybridized carbons (Fsp3) is 0.375. The standard InChI is InChI=1S/C8H8ClF2NO3S2/c9-17(14,15)8-2-1-5(16-8)3-7(13)12-4-6(10)11/h1-2,6H,3-4H2,(H,12,13). The summed E-state index contributed by atoms with van der Waals surface area (Å²) in [6.07, 6.45) is -2.76. The van der Waals surface area contributed by atoms with Gasteiger partial charge in [-0.05, 0) is 12.1 Å². The zero-order valence-electron chi connectivity index (χ0n) is 8.32. The highest BCUT2D eigenvalue weighted by atomic mass is 35.7. The first-order valence-electron chi connectivity index (χ1n) is 4.37. The normalized spacial score (nSPS) is 11.8. The Balaban J connectivity index is 2.58. The maximum Gasteiger partial charge on any atom is 0.270 e. The molecule has 17 heavy (non-hydrogen) atoms. The molecule has 0 saturated carbocycles. The number of hydrogen-bond donors (Lipinski definition) is 1. The van der Waals surface area contributed by atoms with Crippen molar-refractivity contribution >= 4 is 37.0 Å². The second-order valence-corrected chi connectivity index (χ2v) is 6.99. The van der Waals surface area contributed by atoms with Gasteiger partial charge < -0.3 is 5.32 Å². The highest BCUT2D eigenvalue weighted by Gasteiger charge is 2.15. The van der Waals surface area contributed by atoms with Crippen LogP contribution < -0.4 is 5.32 Å². The molecule has 1 heterocycles. The topological polar surface area (TPSA) is 63.2 Å². The molecule has 0 atom stereocenters. The molecule has 4 nitrogen and oxygen atoms in total. The highest BCUT2D eigenvalue weighted by molar-refractivity contribution is 8.15. The van der Waals surface area contributed by atoms with Gasteiger partial charge >= 0.3 is 0 Å². The summed E-state index contributed by atoms with van der Waals surface area (Å²) in [5, 5.41) is 2.01. The molecular formula is C8H8ClF2NO3S2. The molecule has 1 rings (SSSR count). The lowest BCUT2D eigenvalue weighted by molar-refractivity contribution is -0.121. The van der Waals surface area contributed by atoms with E-state index in [1.54, 1.807) is 0 Å². The van der Waals surface area contributed by atoms with Crippen molar-refractivity contribution in [3.05, 3.63) is 17.0 Å². The van der Waals surface area contributed by atoms with E-state index in [1.165, 1.54) is 12.1 Å². The van der Waals surface area contributed by atoms with Crippen LogP contribution in [0.1, 0.15) is 4.88 Å². The molecule has 96 valence electrons. The SMILES string of the molecule is O=C(Cc1ccc(S(=O)(=O)Cl)s1)NCC(F)F. The summed E-state index contributed by atoms with van der Waals surface area (Å²) < 4.78 is 45.3. The number of carbonyl (C=O) groups is 1. The van der Waals surface area contributed by atoms with E-state index in [2.05, 4.69) is 0 Å². The lowest BCUT2D eigenvalue weighted by atomic mass is 10.3. The van der Waals surface area contributed by atoms with Crippen LogP contribution in [0, 0.1) is 0 Å². The van der Waals surface area contributed by atoms with E-state index < -0.39 is 27.9 Å². The lowest BCUT2D eigenvalue weighted by Crippen LogP contribution is -2.29. The van der Waals surface area contributed by atoms with Crippen LogP contribution in [0.5, 0.6) is 0 Å². The van der Waals surface area contributed by atoms with Crippen LogP contribution in [0.2, 0.25) is 0 Å². The fourth-order valence-corrected chi connectivity index (χ4v) is 3.12. The van der Waals surface area contributed by atoms with E-state index in [0.717, 1.165) is 11.3 Å². The molecule has 0 saturated heterocycles. The van der Waals surface area contributed by atoms with Crippen molar-refractivity contribution in [1.82, 2.24) is 5.32 Å². The Morgan fingerprint density at radius 3 is 2.59 bits per heavy atom. The van der Waals surface area contributed by atoms with Crippen LogP contribution in [0.25, 0.3) is 0 Å². The Kier molecular flexibility index (Phi) is 4.84. The molecular weight excluding hydrogens is 296 g/mol. The molecule has 0 aliphatic rings. The number of amides is 1. The molecule has 1 aromatic heterocycles. The van der Waals surface area contributed by atoms with Crippen molar-refractivity contribution < 1.29 is 22.0 Å². The number of hydrogen-bond acceptors (Lipinski definition) is 4. The fourth-order valence-electron chi connectivity index (χ4n) is 0.996. The van der Waals surface area contributed by atoms with Gasteiger partial charge in [0.05, 0.1) is 13.0 Å². The van der Waals surface area contributed by atoms with Gasteiger partial charge in [-0.2, -0.15) is 0 Å². The molecule has 0 spiro atoms. The Morgan fingerprint density at radius 2 is 2.12 bits per heavy atom. The third-order valence-corrected chi connectivity index (χ3v) is 4.84. The third-order valence-electron chi connectivity index (χ3n) is 1.67. The highest BCUT2D eigenvalue weighted by Crippen LogP contribution is 2.24. The van der Waals surface area contributed by atoms with Gasteiger partial charge in [0.25, 0.3) is 15.5 Å². The zero-order chi connectivity index (χ0) is 13.1. The van der Waals surface area contributed by atoms with Crippen molar-refractivity contribution in [3.8, 4) is 0 Å². The predicted molar refractivity (Wildman–Crippen MR) is 60.1 cm³/mol. The van der Waals surface area contributed by atoms with Crippen molar-refractivity contribution in [1.29, 1.82) is 0 Å². The predicted octanol–water partition coefficient (Wildman–Crippen LogP) is 1.60. The Hall–Kier alpha value is -0.730. The Labute approximate surface area is 105 Å². The minimum atomic E-state index is -3.80. The first kappa shape index (κ1) is 14.3. The minimum absolute atomic E-state index is 0.0733. The maximum absolute atomic E-state index is 11.8. The molecule has 1 aromatic rings. The van der Waals surface area contributed by atoms with Gasteiger partial charge in [0.2, 0.25) is 5.91 Å². The van der Waals surface area contributed by atoms with Crippen molar-refractivity contribution in [3.63, 3.8) is 0 Å². The molecule has 0 aromatic carbocycles. The van der Waals surface area contributed by atoms with E-state index in [4.69, 9.17) is 10.7 Å². The van der Waals surface area contributed by atoms with Crippen LogP contribution in [-0.2, 0) is 20.3 Å².